The van der Waals surface area contributed by atoms with Crippen LogP contribution in [-0.4, -0.2) is 70.5 Å². The van der Waals surface area contributed by atoms with E-state index in [9.17, 15) is 24.9 Å². The molecule has 0 radical (unpaired) electrons. The molecule has 0 aromatic heterocycles. The van der Waals surface area contributed by atoms with Crippen molar-refractivity contribution in [1.82, 2.24) is 5.32 Å². The van der Waals surface area contributed by atoms with Crippen LogP contribution in [0, 0.1) is 5.41 Å². The molecular weight excluding hydrogens is 496 g/mol. The Balaban J connectivity index is 1.69. The van der Waals surface area contributed by atoms with Crippen molar-refractivity contribution < 1.29 is 34.4 Å². The van der Waals surface area contributed by atoms with Crippen LogP contribution in [0.3, 0.4) is 0 Å². The summed E-state index contributed by atoms with van der Waals surface area (Å²) in [6.45, 7) is 5.74. The first-order valence-corrected chi connectivity index (χ1v) is 12.8. The number of aliphatic hydroxyl groups is 3. The Bertz CT molecular complexity index is 1100. The van der Waals surface area contributed by atoms with E-state index in [1.165, 1.54) is 24.9 Å². The van der Waals surface area contributed by atoms with Gasteiger partial charge in [0.1, 0.15) is 30.1 Å². The van der Waals surface area contributed by atoms with E-state index in [2.05, 4.69) is 10.6 Å². The number of anilines is 1. The molecule has 200 valence electrons. The lowest BCUT2D eigenvalue weighted by Crippen LogP contribution is -2.55. The van der Waals surface area contributed by atoms with Crippen LogP contribution in [0.2, 0.25) is 0 Å². The van der Waals surface area contributed by atoms with Crippen molar-refractivity contribution >= 4 is 29.3 Å². The average Bonchev–Trinajstić information content (AvgIpc) is 3.01. The maximum Gasteiger partial charge on any atom is 0.252 e. The molecule has 2 aromatic rings. The lowest BCUT2D eigenvalue weighted by molar-refractivity contribution is -0.150. The Kier molecular flexibility index (Phi) is 9.74. The van der Waals surface area contributed by atoms with Gasteiger partial charge in [-0.1, -0.05) is 57.2 Å². The number of ether oxygens (including phenoxy) is 2. The third-order valence-corrected chi connectivity index (χ3v) is 6.71. The fourth-order valence-corrected chi connectivity index (χ4v) is 4.61. The van der Waals surface area contributed by atoms with E-state index < -0.39 is 42.3 Å². The van der Waals surface area contributed by atoms with Crippen LogP contribution in [0.1, 0.15) is 20.8 Å². The van der Waals surface area contributed by atoms with Crippen LogP contribution in [0.5, 0.6) is 11.5 Å². The molecular formula is C27H34N2O7S. The minimum Gasteiger partial charge on any atom is -0.455 e. The summed E-state index contributed by atoms with van der Waals surface area (Å²) >= 11 is 1.36. The fraction of sp³-hybridized carbons (Fsp3) is 0.407. The maximum atomic E-state index is 13.0. The molecule has 3 rings (SSSR count). The Morgan fingerprint density at radius 2 is 1.81 bits per heavy atom. The summed E-state index contributed by atoms with van der Waals surface area (Å²) in [5, 5.41) is 36.6. The normalized spacial score (nSPS) is 19.2. The van der Waals surface area contributed by atoms with Crippen molar-refractivity contribution in [3.63, 3.8) is 0 Å². The van der Waals surface area contributed by atoms with Gasteiger partial charge in [0.2, 0.25) is 5.91 Å². The average molecular weight is 531 g/mol. The van der Waals surface area contributed by atoms with Gasteiger partial charge in [0.05, 0.1) is 5.69 Å². The number of rotatable bonds is 9. The van der Waals surface area contributed by atoms with Gasteiger partial charge in [-0.05, 0) is 29.7 Å². The van der Waals surface area contributed by atoms with E-state index in [4.69, 9.17) is 9.47 Å². The van der Waals surface area contributed by atoms with E-state index in [1.54, 1.807) is 24.3 Å². The van der Waals surface area contributed by atoms with Crippen molar-refractivity contribution in [1.29, 1.82) is 0 Å². The first-order valence-electron chi connectivity index (χ1n) is 11.9. The smallest absolute Gasteiger partial charge is 0.252 e. The van der Waals surface area contributed by atoms with Gasteiger partial charge in [-0.25, -0.2) is 0 Å². The molecule has 10 heteroatoms. The highest BCUT2D eigenvalue weighted by atomic mass is 32.2. The van der Waals surface area contributed by atoms with E-state index >= 15 is 0 Å². The molecule has 1 heterocycles. The number of thioether (sulfide) groups is 1. The van der Waals surface area contributed by atoms with Gasteiger partial charge in [0.15, 0.2) is 11.9 Å². The number of amides is 2. The molecule has 0 fully saturated rings. The summed E-state index contributed by atoms with van der Waals surface area (Å²) in [7, 11) is 1.20. The summed E-state index contributed by atoms with van der Waals surface area (Å²) in [4.78, 5) is 26.7. The number of carbonyl (C=O) groups excluding carboxylic acids is 2. The van der Waals surface area contributed by atoms with Gasteiger partial charge in [-0.2, -0.15) is 0 Å². The molecule has 1 aliphatic heterocycles. The van der Waals surface area contributed by atoms with Crippen LogP contribution < -0.4 is 15.4 Å². The van der Waals surface area contributed by atoms with Crippen molar-refractivity contribution in [3.8, 4) is 11.5 Å². The number of fused-ring (bicyclic) bond motifs is 1. The highest BCUT2D eigenvalue weighted by Crippen LogP contribution is 2.39. The zero-order valence-corrected chi connectivity index (χ0v) is 22.1. The molecule has 0 spiro atoms. The minimum absolute atomic E-state index is 0.214. The monoisotopic (exact) mass is 530 g/mol. The summed E-state index contributed by atoms with van der Waals surface area (Å²) in [6, 6.07) is 13.6. The molecule has 5 atom stereocenters. The van der Waals surface area contributed by atoms with E-state index in [1.807, 2.05) is 51.1 Å². The zero-order valence-electron chi connectivity index (χ0n) is 21.3. The third-order valence-electron chi connectivity index (χ3n) is 5.56. The number of para-hydroxylation sites is 2. The number of allylic oxidation sites excluding steroid dienone is 1. The number of hydrogen-bond donors (Lipinski definition) is 5. The SMILES string of the molecule is CO[C@@H](C(=O)N[C@H]1CSc2cccc(Oc3ccccc3)c2NC1=O)[C@H](O)C(O)C(O)/C=C/C(C)(C)C. The van der Waals surface area contributed by atoms with Crippen LogP contribution in [0.4, 0.5) is 5.69 Å². The highest BCUT2D eigenvalue weighted by molar-refractivity contribution is 7.99. The van der Waals surface area contributed by atoms with Gasteiger partial charge in [-0.15, -0.1) is 11.8 Å². The second-order valence-corrected chi connectivity index (χ2v) is 10.8. The molecule has 37 heavy (non-hydrogen) atoms. The summed E-state index contributed by atoms with van der Waals surface area (Å²) in [5.41, 5.74) is 0.239. The lowest BCUT2D eigenvalue weighted by atomic mass is 9.94. The number of carbonyl (C=O) groups is 2. The Morgan fingerprint density at radius 1 is 1.11 bits per heavy atom. The van der Waals surface area contributed by atoms with Crippen molar-refractivity contribution in [2.45, 2.75) is 56.1 Å². The van der Waals surface area contributed by atoms with Crippen LogP contribution >= 0.6 is 11.8 Å². The quantitative estimate of drug-likeness (QED) is 0.312. The standard InChI is InChI=1S/C27H34N2O7S/c1-27(2,3)14-13-18(30)22(31)23(32)24(35-4)26(34)28-17-15-37-20-12-8-11-19(21(20)29-25(17)33)36-16-9-6-5-7-10-16/h5-14,17-18,22-24,30-32H,15H2,1-4H3,(H,28,34)(H,29,33)/b14-13+/t17-,18?,22?,23+,24+/m0/s1. The van der Waals surface area contributed by atoms with Crippen LogP contribution in [0.25, 0.3) is 0 Å². The molecule has 0 saturated heterocycles. The van der Waals surface area contributed by atoms with Crippen LogP contribution in [-0.2, 0) is 14.3 Å². The summed E-state index contributed by atoms with van der Waals surface area (Å²) in [5.74, 6) is 0.0162. The number of hydrogen-bond acceptors (Lipinski definition) is 8. The Labute approximate surface area is 220 Å². The second-order valence-electron chi connectivity index (χ2n) is 9.76. The minimum atomic E-state index is -1.74. The first-order chi connectivity index (χ1) is 17.5. The highest BCUT2D eigenvalue weighted by Gasteiger charge is 2.37. The van der Waals surface area contributed by atoms with Gasteiger partial charge >= 0.3 is 0 Å². The topological polar surface area (TPSA) is 137 Å². The third kappa shape index (κ3) is 7.80. The number of benzene rings is 2. The zero-order chi connectivity index (χ0) is 27.2. The van der Waals surface area contributed by atoms with E-state index in [0.29, 0.717) is 17.2 Å². The number of nitrogens with one attached hydrogen (secondary N) is 2. The predicted octanol–water partition coefficient (Wildman–Crippen LogP) is 2.71. The Hall–Kier alpha value is -2.89. The Morgan fingerprint density at radius 3 is 2.46 bits per heavy atom. The molecule has 1 aliphatic rings. The van der Waals surface area contributed by atoms with Gasteiger partial charge in [0.25, 0.3) is 5.91 Å². The molecule has 9 nitrogen and oxygen atoms in total. The lowest BCUT2D eigenvalue weighted by Gasteiger charge is -2.28. The second kappa shape index (κ2) is 12.6. The van der Waals surface area contributed by atoms with Gasteiger partial charge in [0, 0.05) is 17.8 Å². The molecule has 5 N–H and O–H groups in total. The van der Waals surface area contributed by atoms with E-state index in [-0.39, 0.29) is 11.2 Å². The largest absolute Gasteiger partial charge is 0.455 e. The van der Waals surface area contributed by atoms with Crippen molar-refractivity contribution in [3.05, 3.63) is 60.7 Å². The first kappa shape index (κ1) is 28.7. The molecule has 2 unspecified atom stereocenters. The maximum absolute atomic E-state index is 13.0. The summed E-state index contributed by atoms with van der Waals surface area (Å²) < 4.78 is 11.1. The van der Waals surface area contributed by atoms with Gasteiger partial charge in [-0.3, -0.25) is 9.59 Å². The molecule has 0 aliphatic carbocycles. The number of aliphatic hydroxyl groups excluding tert-OH is 3. The summed E-state index contributed by atoms with van der Waals surface area (Å²) in [6.07, 6.45) is -3.32. The van der Waals surface area contributed by atoms with E-state index in [0.717, 1.165) is 4.90 Å². The molecule has 0 saturated carbocycles. The molecule has 2 amide bonds. The van der Waals surface area contributed by atoms with Gasteiger partial charge < -0.3 is 35.4 Å². The molecule has 2 aromatic carbocycles. The van der Waals surface area contributed by atoms with Crippen LogP contribution in [0.15, 0.2) is 65.6 Å². The van der Waals surface area contributed by atoms with Crippen molar-refractivity contribution in [2.75, 3.05) is 18.2 Å². The molecule has 0 bridgehead atoms. The number of methoxy groups -OCH3 is 1. The predicted molar refractivity (Wildman–Crippen MR) is 142 cm³/mol. The fourth-order valence-electron chi connectivity index (χ4n) is 3.56. The van der Waals surface area contributed by atoms with Crippen molar-refractivity contribution in [2.24, 2.45) is 5.41 Å².